The van der Waals surface area contributed by atoms with E-state index in [9.17, 15) is 0 Å². The molecule has 0 aliphatic rings. The first-order valence-electron chi connectivity index (χ1n) is 6.66. The van der Waals surface area contributed by atoms with Gasteiger partial charge in [-0.1, -0.05) is 6.07 Å². The molecule has 6 heteroatoms. The van der Waals surface area contributed by atoms with Gasteiger partial charge in [-0.2, -0.15) is 0 Å². The topological polar surface area (TPSA) is 61.9 Å². The van der Waals surface area contributed by atoms with Gasteiger partial charge in [0.2, 0.25) is 5.95 Å². The first-order chi connectivity index (χ1) is 9.92. The number of rotatable bonds is 3. The third kappa shape index (κ3) is 4.68. The molecule has 1 aromatic carbocycles. The summed E-state index contributed by atoms with van der Waals surface area (Å²) < 4.78 is 0. The van der Waals surface area contributed by atoms with Crippen molar-refractivity contribution in [3.05, 3.63) is 46.8 Å². The Kier molecular flexibility index (Phi) is 4.70. The fourth-order valence-corrected chi connectivity index (χ4v) is 2.27. The van der Waals surface area contributed by atoms with Crippen LogP contribution < -0.4 is 16.2 Å². The Morgan fingerprint density at radius 1 is 0.905 bits per heavy atom. The van der Waals surface area contributed by atoms with E-state index in [1.54, 1.807) is 0 Å². The van der Waals surface area contributed by atoms with Gasteiger partial charge in [-0.15, -0.1) is 0 Å². The fourth-order valence-electron chi connectivity index (χ4n) is 2.10. The van der Waals surface area contributed by atoms with Crippen LogP contribution in [0.3, 0.4) is 0 Å². The summed E-state index contributed by atoms with van der Waals surface area (Å²) in [5.41, 5.74) is 10.9. The smallest absolute Gasteiger partial charge is 0.242 e. The SMILES string of the molecule is Cc1cc(C)cc(NC(=S)NNc2nc(C)cc(C)n2)c1. The summed E-state index contributed by atoms with van der Waals surface area (Å²) >= 11 is 5.25. The van der Waals surface area contributed by atoms with E-state index in [0.29, 0.717) is 11.1 Å². The average molecular weight is 301 g/mol. The lowest BCUT2D eigenvalue weighted by Gasteiger charge is -2.13. The molecular weight excluding hydrogens is 282 g/mol. The molecule has 0 saturated carbocycles. The molecule has 110 valence electrons. The summed E-state index contributed by atoms with van der Waals surface area (Å²) in [4.78, 5) is 8.54. The number of nitrogens with zero attached hydrogens (tertiary/aromatic N) is 2. The zero-order chi connectivity index (χ0) is 15.4. The van der Waals surface area contributed by atoms with Crippen LogP contribution in [-0.2, 0) is 0 Å². The highest BCUT2D eigenvalue weighted by Crippen LogP contribution is 2.13. The molecule has 0 unspecified atom stereocenters. The van der Waals surface area contributed by atoms with Crippen molar-refractivity contribution in [1.82, 2.24) is 15.4 Å². The second-order valence-corrected chi connectivity index (χ2v) is 5.46. The van der Waals surface area contributed by atoms with Crippen LogP contribution in [0.4, 0.5) is 11.6 Å². The van der Waals surface area contributed by atoms with Crippen LogP contribution in [0.1, 0.15) is 22.5 Å². The van der Waals surface area contributed by atoms with Crippen LogP contribution in [-0.4, -0.2) is 15.1 Å². The van der Waals surface area contributed by atoms with Gasteiger partial charge < -0.3 is 5.32 Å². The molecule has 0 aliphatic carbocycles. The molecule has 21 heavy (non-hydrogen) atoms. The van der Waals surface area contributed by atoms with E-state index in [1.165, 1.54) is 11.1 Å². The summed E-state index contributed by atoms with van der Waals surface area (Å²) in [7, 11) is 0. The van der Waals surface area contributed by atoms with Gasteiger partial charge in [-0.3, -0.25) is 10.9 Å². The van der Waals surface area contributed by atoms with Crippen molar-refractivity contribution < 1.29 is 0 Å². The molecule has 0 radical (unpaired) electrons. The highest BCUT2D eigenvalue weighted by Gasteiger charge is 2.02. The van der Waals surface area contributed by atoms with E-state index in [2.05, 4.69) is 46.1 Å². The molecule has 1 heterocycles. The minimum Gasteiger partial charge on any atom is -0.331 e. The van der Waals surface area contributed by atoms with Crippen molar-refractivity contribution in [1.29, 1.82) is 0 Å². The lowest BCUT2D eigenvalue weighted by atomic mass is 10.1. The maximum atomic E-state index is 5.25. The number of hydrogen-bond acceptors (Lipinski definition) is 4. The van der Waals surface area contributed by atoms with Crippen LogP contribution >= 0.6 is 12.2 Å². The van der Waals surface area contributed by atoms with Crippen LogP contribution in [0.25, 0.3) is 0 Å². The zero-order valence-electron chi connectivity index (χ0n) is 12.6. The lowest BCUT2D eigenvalue weighted by Crippen LogP contribution is -2.34. The van der Waals surface area contributed by atoms with Crippen molar-refractivity contribution >= 4 is 29.0 Å². The van der Waals surface area contributed by atoms with Gasteiger partial charge in [0, 0.05) is 17.1 Å². The number of thiocarbonyl (C=S) groups is 1. The number of benzene rings is 1. The number of anilines is 2. The van der Waals surface area contributed by atoms with Gasteiger partial charge >= 0.3 is 0 Å². The summed E-state index contributed by atoms with van der Waals surface area (Å²) in [5.74, 6) is 0.497. The first kappa shape index (κ1) is 15.2. The Morgan fingerprint density at radius 3 is 2.05 bits per heavy atom. The minimum atomic E-state index is 0.461. The molecule has 3 N–H and O–H groups in total. The molecule has 2 rings (SSSR count). The minimum absolute atomic E-state index is 0.461. The maximum absolute atomic E-state index is 5.25. The highest BCUT2D eigenvalue weighted by atomic mass is 32.1. The van der Waals surface area contributed by atoms with Crippen molar-refractivity contribution in [3.63, 3.8) is 0 Å². The molecule has 0 bridgehead atoms. The van der Waals surface area contributed by atoms with Crippen molar-refractivity contribution in [2.75, 3.05) is 10.7 Å². The Labute approximate surface area is 130 Å². The molecule has 0 saturated heterocycles. The predicted molar refractivity (Wildman–Crippen MR) is 90.4 cm³/mol. The van der Waals surface area contributed by atoms with Gasteiger partial charge in [-0.05, 0) is 69.2 Å². The molecule has 2 aromatic rings. The lowest BCUT2D eigenvalue weighted by molar-refractivity contribution is 0.991. The molecule has 0 amide bonds. The summed E-state index contributed by atoms with van der Waals surface area (Å²) in [6.07, 6.45) is 0. The molecular formula is C15H19N5S. The Balaban J connectivity index is 1.95. The number of aromatic nitrogens is 2. The summed E-state index contributed by atoms with van der Waals surface area (Å²) in [6, 6.07) is 8.10. The van der Waals surface area contributed by atoms with E-state index in [0.717, 1.165) is 17.1 Å². The molecule has 1 aromatic heterocycles. The number of aryl methyl sites for hydroxylation is 4. The van der Waals surface area contributed by atoms with Crippen LogP contribution in [0.2, 0.25) is 0 Å². The van der Waals surface area contributed by atoms with Crippen LogP contribution in [0, 0.1) is 27.7 Å². The average Bonchev–Trinajstić information content (AvgIpc) is 2.34. The van der Waals surface area contributed by atoms with E-state index in [1.807, 2.05) is 32.0 Å². The van der Waals surface area contributed by atoms with E-state index >= 15 is 0 Å². The van der Waals surface area contributed by atoms with E-state index < -0.39 is 0 Å². The quantitative estimate of drug-likeness (QED) is 0.598. The van der Waals surface area contributed by atoms with Gasteiger partial charge in [0.1, 0.15) is 0 Å². The molecule has 5 nitrogen and oxygen atoms in total. The molecule has 0 spiro atoms. The van der Waals surface area contributed by atoms with Crippen LogP contribution in [0.15, 0.2) is 24.3 Å². The van der Waals surface area contributed by atoms with Crippen molar-refractivity contribution in [2.24, 2.45) is 0 Å². The summed E-state index contributed by atoms with van der Waals surface area (Å²) in [5, 5.41) is 3.59. The second-order valence-electron chi connectivity index (χ2n) is 5.05. The van der Waals surface area contributed by atoms with Gasteiger partial charge in [0.05, 0.1) is 0 Å². The Morgan fingerprint density at radius 2 is 1.48 bits per heavy atom. The van der Waals surface area contributed by atoms with Crippen molar-refractivity contribution in [3.8, 4) is 0 Å². The molecule has 0 aliphatic heterocycles. The summed E-state index contributed by atoms with van der Waals surface area (Å²) in [6.45, 7) is 7.95. The Hall–Kier alpha value is -2.21. The maximum Gasteiger partial charge on any atom is 0.242 e. The van der Waals surface area contributed by atoms with E-state index in [-0.39, 0.29) is 0 Å². The number of hydrazine groups is 1. The number of hydrogen-bond donors (Lipinski definition) is 3. The molecule has 0 atom stereocenters. The van der Waals surface area contributed by atoms with Gasteiger partial charge in [0.15, 0.2) is 5.11 Å². The van der Waals surface area contributed by atoms with Crippen LogP contribution in [0.5, 0.6) is 0 Å². The standard InChI is InChI=1S/C15H19N5S/c1-9-5-10(2)7-13(6-9)18-15(21)20-19-14-16-11(3)8-12(4)17-14/h5-8H,1-4H3,(H,16,17,19)(H2,18,20,21). The van der Waals surface area contributed by atoms with Crippen molar-refractivity contribution in [2.45, 2.75) is 27.7 Å². The van der Waals surface area contributed by atoms with Gasteiger partial charge in [-0.25, -0.2) is 9.97 Å². The zero-order valence-corrected chi connectivity index (χ0v) is 13.4. The number of nitrogens with one attached hydrogen (secondary N) is 3. The second kappa shape index (κ2) is 6.49. The molecule has 0 fully saturated rings. The fraction of sp³-hybridized carbons (Fsp3) is 0.267. The Bertz CT molecular complexity index is 629. The normalized spacial score (nSPS) is 10.1. The van der Waals surface area contributed by atoms with E-state index in [4.69, 9.17) is 12.2 Å². The predicted octanol–water partition coefficient (Wildman–Crippen LogP) is 3.02. The largest absolute Gasteiger partial charge is 0.331 e. The third-order valence-electron chi connectivity index (χ3n) is 2.75. The third-order valence-corrected chi connectivity index (χ3v) is 2.95. The monoisotopic (exact) mass is 301 g/mol. The first-order valence-corrected chi connectivity index (χ1v) is 7.07. The highest BCUT2D eigenvalue weighted by molar-refractivity contribution is 7.80. The van der Waals surface area contributed by atoms with Gasteiger partial charge in [0.25, 0.3) is 0 Å².